The molecule has 0 spiro atoms. The topological polar surface area (TPSA) is 81.7 Å². The second-order valence-electron chi connectivity index (χ2n) is 6.94. The quantitative estimate of drug-likeness (QED) is 0.672. The summed E-state index contributed by atoms with van der Waals surface area (Å²) in [6, 6.07) is -0.147. The summed E-state index contributed by atoms with van der Waals surface area (Å²) in [5.74, 6) is -0.370. The molecule has 0 bridgehead atoms. The Morgan fingerprint density at radius 1 is 1.38 bits per heavy atom. The molecule has 0 radical (unpaired) electrons. The Balaban J connectivity index is 2.44. The third-order valence-electron chi connectivity index (χ3n) is 3.69. The van der Waals surface area contributed by atoms with Gasteiger partial charge in [0.05, 0.1) is 12.6 Å². The van der Waals surface area contributed by atoms with Crippen LogP contribution in [0, 0.1) is 5.92 Å². The molecule has 0 aromatic carbocycles. The van der Waals surface area contributed by atoms with E-state index in [4.69, 9.17) is 5.11 Å². The molecule has 122 valence electrons. The summed E-state index contributed by atoms with van der Waals surface area (Å²) in [4.78, 5) is 24.9. The monoisotopic (exact) mass is 299 g/mol. The maximum atomic E-state index is 12.2. The number of hydrogen-bond donors (Lipinski definition) is 3. The van der Waals surface area contributed by atoms with Crippen LogP contribution in [0.3, 0.4) is 0 Å². The highest BCUT2D eigenvalue weighted by atomic mass is 16.4. The van der Waals surface area contributed by atoms with E-state index in [1.807, 2.05) is 27.7 Å². The van der Waals surface area contributed by atoms with Crippen molar-refractivity contribution in [2.75, 3.05) is 26.2 Å². The smallest absolute Gasteiger partial charge is 0.317 e. The van der Waals surface area contributed by atoms with Gasteiger partial charge in [0, 0.05) is 12.1 Å². The number of aliphatic carboxylic acids is 1. The van der Waals surface area contributed by atoms with Crippen LogP contribution in [0.5, 0.6) is 0 Å². The standard InChI is InChI=1S/C15H29N3O3/c1-11(14(21)17-15(2,3)4)18-7-5-6-12(10-18)8-16-9-13(19)20/h11-12,16H,5-10H2,1-4H3,(H,17,21)(H,19,20). The SMILES string of the molecule is CC(C(=O)NC(C)(C)C)N1CCCC(CNCC(=O)O)C1. The minimum absolute atomic E-state index is 0.00341. The van der Waals surface area contributed by atoms with E-state index in [1.165, 1.54) is 0 Å². The molecule has 2 unspecified atom stereocenters. The Labute approximate surface area is 127 Å². The molecular formula is C15H29N3O3. The highest BCUT2D eigenvalue weighted by molar-refractivity contribution is 5.81. The van der Waals surface area contributed by atoms with Crippen molar-refractivity contribution in [2.45, 2.75) is 52.1 Å². The second kappa shape index (κ2) is 7.75. The number of hydrogen-bond acceptors (Lipinski definition) is 4. The van der Waals surface area contributed by atoms with Crippen LogP contribution in [-0.4, -0.2) is 59.6 Å². The Morgan fingerprint density at radius 2 is 2.05 bits per heavy atom. The van der Waals surface area contributed by atoms with E-state index >= 15 is 0 Å². The fourth-order valence-corrected chi connectivity index (χ4v) is 2.64. The summed E-state index contributed by atoms with van der Waals surface area (Å²) in [7, 11) is 0. The molecule has 1 fully saturated rings. The van der Waals surface area contributed by atoms with Gasteiger partial charge in [-0.2, -0.15) is 0 Å². The first-order chi connectivity index (χ1) is 9.69. The Hall–Kier alpha value is -1.14. The van der Waals surface area contributed by atoms with Gasteiger partial charge in [-0.3, -0.25) is 14.5 Å². The van der Waals surface area contributed by atoms with E-state index in [9.17, 15) is 9.59 Å². The van der Waals surface area contributed by atoms with Gasteiger partial charge >= 0.3 is 5.97 Å². The van der Waals surface area contributed by atoms with Gasteiger partial charge < -0.3 is 15.7 Å². The van der Waals surface area contributed by atoms with E-state index in [-0.39, 0.29) is 24.0 Å². The van der Waals surface area contributed by atoms with Gasteiger partial charge in [-0.1, -0.05) is 0 Å². The van der Waals surface area contributed by atoms with Crippen molar-refractivity contribution in [1.29, 1.82) is 0 Å². The zero-order chi connectivity index (χ0) is 16.0. The average Bonchev–Trinajstić information content (AvgIpc) is 2.35. The number of piperidine rings is 1. The van der Waals surface area contributed by atoms with Gasteiger partial charge in [0.15, 0.2) is 0 Å². The van der Waals surface area contributed by atoms with Crippen molar-refractivity contribution in [2.24, 2.45) is 5.92 Å². The van der Waals surface area contributed by atoms with Gasteiger partial charge in [0.2, 0.25) is 5.91 Å². The van der Waals surface area contributed by atoms with Crippen LogP contribution in [-0.2, 0) is 9.59 Å². The van der Waals surface area contributed by atoms with Gasteiger partial charge in [0.1, 0.15) is 0 Å². The number of amides is 1. The first-order valence-corrected chi connectivity index (χ1v) is 7.67. The van der Waals surface area contributed by atoms with Crippen LogP contribution in [0.25, 0.3) is 0 Å². The van der Waals surface area contributed by atoms with Crippen LogP contribution in [0.4, 0.5) is 0 Å². The number of carboxylic acids is 1. The van der Waals surface area contributed by atoms with E-state index in [0.717, 1.165) is 25.9 Å². The molecule has 0 aromatic heterocycles. The van der Waals surface area contributed by atoms with Crippen LogP contribution < -0.4 is 10.6 Å². The Morgan fingerprint density at radius 3 is 2.62 bits per heavy atom. The molecule has 6 heteroatoms. The number of rotatable bonds is 6. The lowest BCUT2D eigenvalue weighted by molar-refractivity contribution is -0.136. The highest BCUT2D eigenvalue weighted by Gasteiger charge is 2.28. The predicted molar refractivity (Wildman–Crippen MR) is 82.2 cm³/mol. The fourth-order valence-electron chi connectivity index (χ4n) is 2.64. The molecule has 1 aliphatic rings. The summed E-state index contributed by atoms with van der Waals surface area (Å²) >= 11 is 0. The first-order valence-electron chi connectivity index (χ1n) is 7.67. The summed E-state index contributed by atoms with van der Waals surface area (Å²) < 4.78 is 0. The van der Waals surface area contributed by atoms with Crippen LogP contribution in [0.1, 0.15) is 40.5 Å². The zero-order valence-corrected chi connectivity index (χ0v) is 13.6. The molecule has 2 atom stereocenters. The van der Waals surface area contributed by atoms with Gasteiger partial charge in [-0.05, 0) is 59.5 Å². The molecule has 6 nitrogen and oxygen atoms in total. The maximum Gasteiger partial charge on any atom is 0.317 e. The molecule has 0 aliphatic carbocycles. The molecule has 1 saturated heterocycles. The summed E-state index contributed by atoms with van der Waals surface area (Å²) in [5, 5.41) is 14.6. The molecule has 0 aromatic rings. The van der Waals surface area contributed by atoms with Gasteiger partial charge in [0.25, 0.3) is 0 Å². The summed E-state index contributed by atoms with van der Waals surface area (Å²) in [5.41, 5.74) is -0.219. The zero-order valence-electron chi connectivity index (χ0n) is 13.6. The number of likely N-dealkylation sites (tertiary alicyclic amines) is 1. The van der Waals surface area contributed by atoms with Gasteiger partial charge in [-0.25, -0.2) is 0 Å². The third kappa shape index (κ3) is 6.91. The first kappa shape index (κ1) is 17.9. The number of nitrogens with zero attached hydrogens (tertiary/aromatic N) is 1. The fraction of sp³-hybridized carbons (Fsp3) is 0.867. The Bertz CT molecular complexity index is 366. The molecule has 0 saturated carbocycles. The maximum absolute atomic E-state index is 12.2. The normalized spacial score (nSPS) is 21.8. The number of carbonyl (C=O) groups excluding carboxylic acids is 1. The second-order valence-corrected chi connectivity index (χ2v) is 6.94. The molecule has 3 N–H and O–H groups in total. The summed E-state index contributed by atoms with van der Waals surface area (Å²) in [6.07, 6.45) is 2.13. The van der Waals surface area contributed by atoms with Crippen molar-refractivity contribution in [1.82, 2.24) is 15.5 Å². The summed E-state index contributed by atoms with van der Waals surface area (Å²) in [6.45, 7) is 10.3. The van der Waals surface area contributed by atoms with E-state index in [1.54, 1.807) is 0 Å². The van der Waals surface area contributed by atoms with Crippen LogP contribution in [0.15, 0.2) is 0 Å². The predicted octanol–water partition coefficient (Wildman–Crippen LogP) is 0.676. The van der Waals surface area contributed by atoms with Crippen molar-refractivity contribution >= 4 is 11.9 Å². The van der Waals surface area contributed by atoms with Crippen molar-refractivity contribution < 1.29 is 14.7 Å². The molecule has 1 aliphatic heterocycles. The molecular weight excluding hydrogens is 270 g/mol. The van der Waals surface area contributed by atoms with E-state index in [2.05, 4.69) is 15.5 Å². The van der Waals surface area contributed by atoms with Gasteiger partial charge in [-0.15, -0.1) is 0 Å². The lowest BCUT2D eigenvalue weighted by Gasteiger charge is -2.37. The highest BCUT2D eigenvalue weighted by Crippen LogP contribution is 2.18. The van der Waals surface area contributed by atoms with Crippen LogP contribution >= 0.6 is 0 Å². The lowest BCUT2D eigenvalue weighted by atomic mass is 9.96. The van der Waals surface area contributed by atoms with Crippen molar-refractivity contribution in [3.63, 3.8) is 0 Å². The van der Waals surface area contributed by atoms with E-state index < -0.39 is 5.97 Å². The third-order valence-corrected chi connectivity index (χ3v) is 3.69. The lowest BCUT2D eigenvalue weighted by Crippen LogP contribution is -2.53. The number of nitrogens with one attached hydrogen (secondary N) is 2. The Kier molecular flexibility index (Phi) is 6.61. The minimum Gasteiger partial charge on any atom is -0.480 e. The number of carbonyl (C=O) groups is 2. The molecule has 1 amide bonds. The molecule has 1 rings (SSSR count). The largest absolute Gasteiger partial charge is 0.480 e. The van der Waals surface area contributed by atoms with Crippen molar-refractivity contribution in [3.05, 3.63) is 0 Å². The average molecular weight is 299 g/mol. The molecule has 21 heavy (non-hydrogen) atoms. The van der Waals surface area contributed by atoms with Crippen LogP contribution in [0.2, 0.25) is 0 Å². The number of carboxylic acid groups (broad SMARTS) is 1. The minimum atomic E-state index is -0.833. The molecule has 1 heterocycles. The van der Waals surface area contributed by atoms with Crippen molar-refractivity contribution in [3.8, 4) is 0 Å². The van der Waals surface area contributed by atoms with E-state index in [0.29, 0.717) is 12.5 Å².